The number of hydrogen-bond donors (Lipinski definition) is 1. The normalized spacial score (nSPS) is 10.8. The second-order valence-electron chi connectivity index (χ2n) is 5.02. The Kier molecular flexibility index (Phi) is 4.51. The Morgan fingerprint density at radius 3 is 2.83 bits per heavy atom. The molecule has 1 amide bonds. The maximum absolute atomic E-state index is 12.0. The molecule has 1 N–H and O–H groups in total. The van der Waals surface area contributed by atoms with E-state index in [2.05, 4.69) is 5.32 Å². The van der Waals surface area contributed by atoms with Crippen molar-refractivity contribution in [2.24, 2.45) is 7.05 Å². The van der Waals surface area contributed by atoms with E-state index < -0.39 is 5.76 Å². The molecular formula is C16H12Cl2N2O4. The van der Waals surface area contributed by atoms with Crippen LogP contribution >= 0.6 is 23.2 Å². The Morgan fingerprint density at radius 2 is 2.04 bits per heavy atom. The van der Waals surface area contributed by atoms with E-state index in [9.17, 15) is 9.59 Å². The largest absolute Gasteiger partial charge is 0.482 e. The van der Waals surface area contributed by atoms with Crippen molar-refractivity contribution in [1.82, 2.24) is 4.57 Å². The van der Waals surface area contributed by atoms with Crippen LogP contribution in [0.25, 0.3) is 11.1 Å². The molecule has 0 unspecified atom stereocenters. The maximum Gasteiger partial charge on any atom is 0.419 e. The summed E-state index contributed by atoms with van der Waals surface area (Å²) in [7, 11) is 1.61. The molecule has 2 aromatic carbocycles. The summed E-state index contributed by atoms with van der Waals surface area (Å²) in [6.45, 7) is -0.239. The molecule has 0 aliphatic heterocycles. The van der Waals surface area contributed by atoms with E-state index >= 15 is 0 Å². The summed E-state index contributed by atoms with van der Waals surface area (Å²) in [5.41, 5.74) is 1.52. The molecule has 3 aromatic rings. The molecule has 8 heteroatoms. The van der Waals surface area contributed by atoms with E-state index in [0.29, 0.717) is 32.6 Å². The molecule has 1 aromatic heterocycles. The van der Waals surface area contributed by atoms with Gasteiger partial charge in [0.15, 0.2) is 12.2 Å². The van der Waals surface area contributed by atoms with Gasteiger partial charge in [-0.05, 0) is 24.3 Å². The molecule has 0 radical (unpaired) electrons. The lowest BCUT2D eigenvalue weighted by Gasteiger charge is -2.09. The van der Waals surface area contributed by atoms with E-state index in [1.165, 1.54) is 10.6 Å². The lowest BCUT2D eigenvalue weighted by atomic mass is 10.3. The van der Waals surface area contributed by atoms with E-state index in [1.54, 1.807) is 37.4 Å². The molecule has 6 nitrogen and oxygen atoms in total. The van der Waals surface area contributed by atoms with Crippen LogP contribution in [-0.4, -0.2) is 17.1 Å². The van der Waals surface area contributed by atoms with Crippen LogP contribution in [0.3, 0.4) is 0 Å². The molecule has 0 aliphatic carbocycles. The van der Waals surface area contributed by atoms with Gasteiger partial charge >= 0.3 is 5.76 Å². The molecule has 0 atom stereocenters. The third kappa shape index (κ3) is 3.39. The van der Waals surface area contributed by atoms with Gasteiger partial charge in [0.2, 0.25) is 0 Å². The van der Waals surface area contributed by atoms with Crippen molar-refractivity contribution in [3.8, 4) is 5.75 Å². The van der Waals surface area contributed by atoms with Gasteiger partial charge in [-0.3, -0.25) is 9.36 Å². The van der Waals surface area contributed by atoms with Crippen LogP contribution in [0, 0.1) is 0 Å². The van der Waals surface area contributed by atoms with Crippen LogP contribution in [0.2, 0.25) is 10.0 Å². The number of anilines is 1. The molecule has 0 saturated heterocycles. The molecule has 3 rings (SSSR count). The van der Waals surface area contributed by atoms with Crippen LogP contribution < -0.4 is 15.8 Å². The van der Waals surface area contributed by atoms with Gasteiger partial charge in [-0.1, -0.05) is 23.2 Å². The second-order valence-corrected chi connectivity index (χ2v) is 5.86. The third-order valence-corrected chi connectivity index (χ3v) is 3.88. The molecular weight excluding hydrogens is 355 g/mol. The minimum atomic E-state index is -0.465. The number of hydrogen-bond acceptors (Lipinski definition) is 4. The van der Waals surface area contributed by atoms with Gasteiger partial charge in [0, 0.05) is 29.9 Å². The van der Waals surface area contributed by atoms with Crippen LogP contribution in [0.15, 0.2) is 45.6 Å². The topological polar surface area (TPSA) is 73.5 Å². The number of aromatic nitrogens is 1. The van der Waals surface area contributed by atoms with E-state index in [1.807, 2.05) is 0 Å². The lowest BCUT2D eigenvalue weighted by molar-refractivity contribution is -0.118. The minimum Gasteiger partial charge on any atom is -0.482 e. The summed E-state index contributed by atoms with van der Waals surface area (Å²) in [6, 6.07) is 9.66. The van der Waals surface area contributed by atoms with Crippen molar-refractivity contribution in [3.05, 3.63) is 57.0 Å². The third-order valence-electron chi connectivity index (χ3n) is 3.33. The molecule has 0 fully saturated rings. The van der Waals surface area contributed by atoms with Gasteiger partial charge in [-0.2, -0.15) is 0 Å². The molecule has 0 spiro atoms. The number of carbonyl (C=O) groups excluding carboxylic acids is 1. The number of nitrogens with zero attached hydrogens (tertiary/aromatic N) is 1. The Labute approximate surface area is 146 Å². The highest BCUT2D eigenvalue weighted by Gasteiger charge is 2.10. The zero-order chi connectivity index (χ0) is 17.3. The van der Waals surface area contributed by atoms with Gasteiger partial charge in [-0.25, -0.2) is 4.79 Å². The Hall–Kier alpha value is -2.44. The fraction of sp³-hybridized carbons (Fsp3) is 0.125. The van der Waals surface area contributed by atoms with E-state index in [4.69, 9.17) is 32.4 Å². The van der Waals surface area contributed by atoms with Crippen LogP contribution in [0.5, 0.6) is 5.75 Å². The lowest BCUT2D eigenvalue weighted by Crippen LogP contribution is -2.20. The summed E-state index contributed by atoms with van der Waals surface area (Å²) in [4.78, 5) is 23.4. The van der Waals surface area contributed by atoms with Crippen LogP contribution in [0.1, 0.15) is 0 Å². The smallest absolute Gasteiger partial charge is 0.419 e. The summed E-state index contributed by atoms with van der Waals surface area (Å²) < 4.78 is 11.8. The predicted octanol–water partition coefficient (Wildman–Crippen LogP) is 3.46. The van der Waals surface area contributed by atoms with Crippen molar-refractivity contribution in [1.29, 1.82) is 0 Å². The highest BCUT2D eigenvalue weighted by Crippen LogP contribution is 2.27. The first kappa shape index (κ1) is 16.4. The Morgan fingerprint density at radius 1 is 1.25 bits per heavy atom. The number of ether oxygens (including phenoxy) is 1. The summed E-state index contributed by atoms with van der Waals surface area (Å²) in [6.07, 6.45) is 0. The zero-order valence-corrected chi connectivity index (χ0v) is 14.0. The number of fused-ring (bicyclic) bond motifs is 1. The average Bonchev–Trinajstić information content (AvgIpc) is 2.82. The van der Waals surface area contributed by atoms with Crippen molar-refractivity contribution in [2.45, 2.75) is 0 Å². The first-order valence-electron chi connectivity index (χ1n) is 6.91. The van der Waals surface area contributed by atoms with Crippen molar-refractivity contribution >= 4 is 45.9 Å². The van der Waals surface area contributed by atoms with Crippen LogP contribution in [-0.2, 0) is 11.8 Å². The molecule has 0 saturated carbocycles. The second kappa shape index (κ2) is 6.59. The SMILES string of the molecule is Cn1c(=O)oc2cc(NC(=O)COc3cc(Cl)ccc3Cl)ccc21. The minimum absolute atomic E-state index is 0.239. The van der Waals surface area contributed by atoms with E-state index in [-0.39, 0.29) is 12.5 Å². The molecule has 24 heavy (non-hydrogen) atoms. The summed E-state index contributed by atoms with van der Waals surface area (Å²) in [5.74, 6) is -0.528. The number of halogens is 2. The Bertz CT molecular complexity index is 978. The monoisotopic (exact) mass is 366 g/mol. The maximum atomic E-state index is 12.0. The number of rotatable bonds is 4. The predicted molar refractivity (Wildman–Crippen MR) is 92.0 cm³/mol. The Balaban J connectivity index is 1.68. The fourth-order valence-electron chi connectivity index (χ4n) is 2.14. The molecule has 0 aliphatic rings. The number of carbonyl (C=O) groups is 1. The van der Waals surface area contributed by atoms with Crippen LogP contribution in [0.4, 0.5) is 5.69 Å². The van der Waals surface area contributed by atoms with Gasteiger partial charge in [0.1, 0.15) is 5.75 Å². The zero-order valence-electron chi connectivity index (χ0n) is 12.5. The standard InChI is InChI=1S/C16H12Cl2N2O4/c1-20-12-5-3-10(7-14(12)24-16(20)22)19-15(21)8-23-13-6-9(17)2-4-11(13)18/h2-7H,8H2,1H3,(H,19,21). The fourth-order valence-corrected chi connectivity index (χ4v) is 2.47. The van der Waals surface area contributed by atoms with Crippen molar-refractivity contribution < 1.29 is 13.9 Å². The number of oxazole rings is 1. The van der Waals surface area contributed by atoms with Crippen molar-refractivity contribution in [2.75, 3.05) is 11.9 Å². The quantitative estimate of drug-likeness (QED) is 0.767. The number of nitrogens with one attached hydrogen (secondary N) is 1. The first-order chi connectivity index (χ1) is 11.4. The average molecular weight is 367 g/mol. The highest BCUT2D eigenvalue weighted by molar-refractivity contribution is 6.34. The summed E-state index contributed by atoms with van der Waals surface area (Å²) in [5, 5.41) is 3.47. The van der Waals surface area contributed by atoms with E-state index in [0.717, 1.165) is 0 Å². The molecule has 124 valence electrons. The van der Waals surface area contributed by atoms with Gasteiger partial charge < -0.3 is 14.5 Å². The number of amides is 1. The van der Waals surface area contributed by atoms with Gasteiger partial charge in [0.05, 0.1) is 10.5 Å². The summed E-state index contributed by atoms with van der Waals surface area (Å²) >= 11 is 11.8. The van der Waals surface area contributed by atoms with Gasteiger partial charge in [-0.15, -0.1) is 0 Å². The number of benzene rings is 2. The number of aryl methyl sites for hydroxylation is 1. The van der Waals surface area contributed by atoms with Crippen molar-refractivity contribution in [3.63, 3.8) is 0 Å². The molecule has 1 heterocycles. The first-order valence-corrected chi connectivity index (χ1v) is 7.67. The van der Waals surface area contributed by atoms with Gasteiger partial charge in [0.25, 0.3) is 5.91 Å². The molecule has 0 bridgehead atoms. The highest BCUT2D eigenvalue weighted by atomic mass is 35.5.